The molecule has 0 aliphatic carbocycles. The van der Waals surface area contributed by atoms with Crippen LogP contribution >= 0.6 is 11.6 Å². The van der Waals surface area contributed by atoms with Crippen molar-refractivity contribution in [3.8, 4) is 5.69 Å². The Bertz CT molecular complexity index is 993. The summed E-state index contributed by atoms with van der Waals surface area (Å²) in [5.74, 6) is -1.25. The molecule has 0 radical (unpaired) electrons. The summed E-state index contributed by atoms with van der Waals surface area (Å²) < 4.78 is 41.4. The molecule has 0 amide bonds. The van der Waals surface area contributed by atoms with Crippen LogP contribution in [-0.2, 0) is 13.5 Å². The minimum Gasteiger partial charge on any atom is -0.318 e. The Kier molecular flexibility index (Phi) is 5.99. The van der Waals surface area contributed by atoms with E-state index in [0.717, 1.165) is 6.92 Å². The van der Waals surface area contributed by atoms with Crippen molar-refractivity contribution in [1.82, 2.24) is 19.1 Å². The zero-order valence-corrected chi connectivity index (χ0v) is 14.8. The first-order valence-electron chi connectivity index (χ1n) is 7.94. The van der Waals surface area contributed by atoms with Gasteiger partial charge in [0, 0.05) is 18.5 Å². The first-order valence-corrected chi connectivity index (χ1v) is 8.32. The van der Waals surface area contributed by atoms with Gasteiger partial charge >= 0.3 is 6.18 Å². The number of imidazole rings is 1. The smallest absolute Gasteiger partial charge is 0.318 e. The molecule has 2 heterocycles. The highest BCUT2D eigenvalue weighted by Gasteiger charge is 2.35. The number of rotatable bonds is 4. The summed E-state index contributed by atoms with van der Waals surface area (Å²) in [6.45, 7) is 1.12. The van der Waals surface area contributed by atoms with Crippen molar-refractivity contribution >= 4 is 22.8 Å². The fourth-order valence-electron chi connectivity index (χ4n) is 2.64. The normalized spacial score (nSPS) is 12.8. The summed E-state index contributed by atoms with van der Waals surface area (Å²) in [5.41, 5.74) is 0.562. The van der Waals surface area contributed by atoms with E-state index >= 15 is 0 Å². The summed E-state index contributed by atoms with van der Waals surface area (Å²) in [5, 5.41) is 0.487. The number of aromatic nitrogens is 4. The minimum absolute atomic E-state index is 0. The van der Waals surface area contributed by atoms with Gasteiger partial charge in [-0.1, -0.05) is 26.0 Å². The Morgan fingerprint density at radius 2 is 1.85 bits per heavy atom. The number of halogens is 4. The molecule has 3 rings (SSSR count). The minimum atomic E-state index is -4.29. The number of aryl methyl sites for hydroxylation is 2. The van der Waals surface area contributed by atoms with Crippen LogP contribution < -0.4 is 5.56 Å². The van der Waals surface area contributed by atoms with Crippen LogP contribution in [0.3, 0.4) is 0 Å². The third kappa shape index (κ3) is 4.16. The third-order valence-corrected chi connectivity index (χ3v) is 4.50. The van der Waals surface area contributed by atoms with E-state index in [2.05, 4.69) is 9.97 Å². The van der Waals surface area contributed by atoms with Crippen LogP contribution in [0.1, 0.15) is 26.6 Å². The van der Waals surface area contributed by atoms with E-state index < -0.39 is 17.7 Å². The predicted octanol–water partition coefficient (Wildman–Crippen LogP) is 4.54. The molecule has 0 spiro atoms. The number of fused-ring (bicyclic) bond motifs is 1. The lowest BCUT2D eigenvalue weighted by molar-refractivity contribution is -0.171. The average Bonchev–Trinajstić information content (AvgIpc) is 2.94. The molecule has 0 saturated heterocycles. The van der Waals surface area contributed by atoms with E-state index in [4.69, 9.17) is 11.6 Å². The van der Waals surface area contributed by atoms with Gasteiger partial charge in [0.05, 0.1) is 17.9 Å². The van der Waals surface area contributed by atoms with Gasteiger partial charge in [0.25, 0.3) is 5.56 Å². The molecule has 146 valence electrons. The molecule has 0 aliphatic rings. The SMILES string of the molecule is C.C[C@H](CCc1nc2c(ncn2C)c(=O)n1-c1ccc(Cl)cc1)C(F)(F)F. The monoisotopic (exact) mass is 400 g/mol. The van der Waals surface area contributed by atoms with Crippen LogP contribution in [0, 0.1) is 5.92 Å². The highest BCUT2D eigenvalue weighted by atomic mass is 35.5. The molecule has 0 saturated carbocycles. The molecule has 0 unspecified atom stereocenters. The quantitative estimate of drug-likeness (QED) is 0.646. The molecule has 9 heteroatoms. The molecule has 27 heavy (non-hydrogen) atoms. The maximum atomic E-state index is 12.9. The molecule has 0 aliphatic heterocycles. The molecule has 5 nitrogen and oxygen atoms in total. The fourth-order valence-corrected chi connectivity index (χ4v) is 2.76. The van der Waals surface area contributed by atoms with Crippen LogP contribution in [0.15, 0.2) is 35.4 Å². The Morgan fingerprint density at radius 3 is 2.44 bits per heavy atom. The summed E-state index contributed by atoms with van der Waals surface area (Å²) in [6.07, 6.45) is -3.01. The second kappa shape index (κ2) is 7.72. The maximum Gasteiger partial charge on any atom is 0.391 e. The van der Waals surface area contributed by atoms with Gasteiger partial charge in [0.2, 0.25) is 0 Å². The first-order chi connectivity index (χ1) is 12.2. The standard InChI is InChI=1S/C17H16ClF3N4O.CH4/c1-10(17(19,20)21)3-8-13-23-15-14(22-9-24(15)2)16(26)25(13)12-6-4-11(18)5-7-12;/h4-7,9-10H,3,8H2,1-2H3;1H4/t10-;/m1./s1. The molecule has 0 bridgehead atoms. The summed E-state index contributed by atoms with van der Waals surface area (Å²) in [7, 11) is 1.68. The predicted molar refractivity (Wildman–Crippen MR) is 99.4 cm³/mol. The van der Waals surface area contributed by atoms with E-state index in [-0.39, 0.29) is 31.6 Å². The van der Waals surface area contributed by atoms with Crippen molar-refractivity contribution in [2.24, 2.45) is 13.0 Å². The molecule has 1 atom stereocenters. The molecule has 1 aromatic carbocycles. The van der Waals surface area contributed by atoms with Crippen LogP contribution in [0.25, 0.3) is 16.9 Å². The van der Waals surface area contributed by atoms with Gasteiger partial charge in [-0.05, 0) is 30.7 Å². The Balaban J connectivity index is 0.00000261. The zero-order chi connectivity index (χ0) is 19.1. The maximum absolute atomic E-state index is 12.9. The fraction of sp³-hybridized carbons (Fsp3) is 0.389. The number of hydrogen-bond donors (Lipinski definition) is 0. The van der Waals surface area contributed by atoms with Crippen LogP contribution in [0.4, 0.5) is 13.2 Å². The van der Waals surface area contributed by atoms with E-state index in [1.54, 1.807) is 35.9 Å². The van der Waals surface area contributed by atoms with Crippen molar-refractivity contribution in [2.75, 3.05) is 0 Å². The highest BCUT2D eigenvalue weighted by Crippen LogP contribution is 2.29. The number of hydrogen-bond acceptors (Lipinski definition) is 3. The molecular weight excluding hydrogens is 381 g/mol. The van der Waals surface area contributed by atoms with Crippen LogP contribution in [0.2, 0.25) is 5.02 Å². The van der Waals surface area contributed by atoms with Gasteiger partial charge in [0.1, 0.15) is 5.82 Å². The summed E-state index contributed by atoms with van der Waals surface area (Å²) >= 11 is 5.89. The molecule has 0 N–H and O–H groups in total. The van der Waals surface area contributed by atoms with Gasteiger partial charge in [-0.2, -0.15) is 13.2 Å². The second-order valence-corrected chi connectivity index (χ2v) is 6.59. The van der Waals surface area contributed by atoms with Crippen molar-refractivity contribution in [2.45, 2.75) is 33.4 Å². The lowest BCUT2D eigenvalue weighted by Gasteiger charge is -2.17. The number of benzene rings is 1. The van der Waals surface area contributed by atoms with Gasteiger partial charge in [0.15, 0.2) is 11.2 Å². The number of alkyl halides is 3. The van der Waals surface area contributed by atoms with E-state index in [1.807, 2.05) is 0 Å². The van der Waals surface area contributed by atoms with Gasteiger partial charge in [-0.15, -0.1) is 0 Å². The Labute approximate surface area is 159 Å². The van der Waals surface area contributed by atoms with Crippen molar-refractivity contribution in [3.63, 3.8) is 0 Å². The van der Waals surface area contributed by atoms with Crippen LogP contribution in [0.5, 0.6) is 0 Å². The van der Waals surface area contributed by atoms with Gasteiger partial charge in [-0.3, -0.25) is 9.36 Å². The van der Waals surface area contributed by atoms with E-state index in [1.165, 1.54) is 10.9 Å². The highest BCUT2D eigenvalue weighted by molar-refractivity contribution is 6.30. The van der Waals surface area contributed by atoms with Crippen molar-refractivity contribution in [1.29, 1.82) is 0 Å². The average molecular weight is 401 g/mol. The van der Waals surface area contributed by atoms with Gasteiger partial charge in [-0.25, -0.2) is 9.97 Å². The lowest BCUT2D eigenvalue weighted by Crippen LogP contribution is -2.26. The molecular formula is C18H20ClF3N4O. The molecule has 3 aromatic rings. The third-order valence-electron chi connectivity index (χ3n) is 4.25. The second-order valence-electron chi connectivity index (χ2n) is 6.15. The molecule has 0 fully saturated rings. The summed E-state index contributed by atoms with van der Waals surface area (Å²) in [6, 6.07) is 6.45. The van der Waals surface area contributed by atoms with Crippen molar-refractivity contribution in [3.05, 3.63) is 51.8 Å². The Hall–Kier alpha value is -2.35. The van der Waals surface area contributed by atoms with Crippen molar-refractivity contribution < 1.29 is 13.2 Å². The van der Waals surface area contributed by atoms with Gasteiger partial charge < -0.3 is 4.57 Å². The zero-order valence-electron chi connectivity index (χ0n) is 14.1. The topological polar surface area (TPSA) is 52.7 Å². The lowest BCUT2D eigenvalue weighted by atomic mass is 10.0. The van der Waals surface area contributed by atoms with Crippen LogP contribution in [-0.4, -0.2) is 25.3 Å². The largest absolute Gasteiger partial charge is 0.391 e. The first kappa shape index (κ1) is 21.0. The van der Waals surface area contributed by atoms with E-state index in [9.17, 15) is 18.0 Å². The Morgan fingerprint density at radius 1 is 1.22 bits per heavy atom. The summed E-state index contributed by atoms with van der Waals surface area (Å²) in [4.78, 5) is 21.4. The van der Waals surface area contributed by atoms with E-state index in [0.29, 0.717) is 16.4 Å². The molecule has 2 aromatic heterocycles. The number of nitrogens with zero attached hydrogens (tertiary/aromatic N) is 4.